The minimum Gasteiger partial charge on any atom is -0.444 e. The van der Waals surface area contributed by atoms with Gasteiger partial charge in [0, 0.05) is 18.2 Å². The Bertz CT molecular complexity index is 839. The van der Waals surface area contributed by atoms with Gasteiger partial charge in [0.05, 0.1) is 12.6 Å². The zero-order chi connectivity index (χ0) is 21.1. The highest BCUT2D eigenvalue weighted by Gasteiger charge is 2.37. The summed E-state index contributed by atoms with van der Waals surface area (Å²) < 4.78 is 11.9. The molecule has 4 N–H and O–H groups in total. The molecule has 0 unspecified atom stereocenters. The van der Waals surface area contributed by atoms with Crippen molar-refractivity contribution in [2.75, 3.05) is 13.2 Å². The first-order chi connectivity index (χ1) is 13.0. The van der Waals surface area contributed by atoms with Gasteiger partial charge in [0.25, 0.3) is 5.56 Å². The first-order valence-electron chi connectivity index (χ1n) is 8.84. The van der Waals surface area contributed by atoms with E-state index in [1.165, 1.54) is 10.8 Å². The normalized spacial score (nSPS) is 22.0. The second-order valence-corrected chi connectivity index (χ2v) is 7.56. The van der Waals surface area contributed by atoms with Crippen LogP contribution in [0.1, 0.15) is 39.0 Å². The van der Waals surface area contributed by atoms with Gasteiger partial charge in [-0.15, -0.1) is 0 Å². The number of hydrogen-bond donors (Lipinski definition) is 4. The van der Waals surface area contributed by atoms with E-state index in [4.69, 9.17) is 9.47 Å². The number of aromatic nitrogens is 2. The monoisotopic (exact) mass is 398 g/mol. The highest BCUT2D eigenvalue weighted by molar-refractivity contribution is 5.82. The van der Waals surface area contributed by atoms with E-state index >= 15 is 0 Å². The molecule has 0 radical (unpaired) electrons. The molecule has 11 heteroatoms. The molecule has 1 saturated heterocycles. The summed E-state index contributed by atoms with van der Waals surface area (Å²) in [4.78, 5) is 49.4. The van der Waals surface area contributed by atoms with E-state index in [0.717, 1.165) is 0 Å². The molecule has 2 rings (SSSR count). The third-order valence-corrected chi connectivity index (χ3v) is 4.01. The Labute approximate surface area is 161 Å². The van der Waals surface area contributed by atoms with Crippen LogP contribution in [0.25, 0.3) is 0 Å². The number of ether oxygens (including phenoxy) is 2. The van der Waals surface area contributed by atoms with E-state index in [1.807, 2.05) is 0 Å². The first-order valence-corrected chi connectivity index (χ1v) is 8.84. The lowest BCUT2D eigenvalue weighted by Crippen LogP contribution is -2.46. The van der Waals surface area contributed by atoms with E-state index in [9.17, 15) is 24.3 Å². The van der Waals surface area contributed by atoms with Crippen molar-refractivity contribution < 1.29 is 24.2 Å². The first kappa shape index (κ1) is 21.6. The molecule has 0 aromatic carbocycles. The standard InChI is InChI=1S/C17H26N4O7/c1-9-7-21(15(25)20-14(9)24)13-5-10(11(8-22)27-13)19-12(23)6-18-16(26)28-17(2,3)4/h7,10-11,13,22H,5-6,8H2,1-4H3,(H,18,26)(H,19,23)(H,20,24,25)/t10-,11+,13+/m0/s1. The lowest BCUT2D eigenvalue weighted by atomic mass is 10.1. The Kier molecular flexibility index (Phi) is 6.62. The van der Waals surface area contributed by atoms with E-state index < -0.39 is 47.2 Å². The van der Waals surface area contributed by atoms with Gasteiger partial charge in [-0.05, 0) is 27.7 Å². The fraction of sp³-hybridized carbons (Fsp3) is 0.647. The number of carbonyl (C=O) groups is 2. The number of nitrogens with one attached hydrogen (secondary N) is 3. The summed E-state index contributed by atoms with van der Waals surface area (Å²) in [6.07, 6.45) is -0.653. The van der Waals surface area contributed by atoms with Gasteiger partial charge < -0.3 is 25.2 Å². The number of alkyl carbamates (subject to hydrolysis) is 1. The molecule has 0 aliphatic carbocycles. The van der Waals surface area contributed by atoms with E-state index in [1.54, 1.807) is 27.7 Å². The fourth-order valence-electron chi connectivity index (χ4n) is 2.75. The third-order valence-electron chi connectivity index (χ3n) is 4.01. The molecule has 1 aliphatic rings. The Hall–Kier alpha value is -2.66. The molecule has 0 spiro atoms. The summed E-state index contributed by atoms with van der Waals surface area (Å²) in [6, 6.07) is -0.581. The van der Waals surface area contributed by atoms with Gasteiger partial charge in [0.15, 0.2) is 0 Å². The maximum atomic E-state index is 12.1. The molecule has 1 fully saturated rings. The Balaban J connectivity index is 1.98. The molecule has 11 nitrogen and oxygen atoms in total. The van der Waals surface area contributed by atoms with Gasteiger partial charge in [-0.2, -0.15) is 0 Å². The van der Waals surface area contributed by atoms with Crippen LogP contribution in [0.2, 0.25) is 0 Å². The van der Waals surface area contributed by atoms with E-state index in [0.29, 0.717) is 5.56 Å². The van der Waals surface area contributed by atoms with Crippen LogP contribution in [0.5, 0.6) is 0 Å². The molecule has 3 atom stereocenters. The number of aromatic amines is 1. The van der Waals surface area contributed by atoms with Crippen molar-refractivity contribution >= 4 is 12.0 Å². The molecule has 2 heterocycles. The Morgan fingerprint density at radius 1 is 1.39 bits per heavy atom. The van der Waals surface area contributed by atoms with Crippen molar-refractivity contribution in [2.24, 2.45) is 0 Å². The number of nitrogens with zero attached hydrogens (tertiary/aromatic N) is 1. The van der Waals surface area contributed by atoms with Crippen LogP contribution >= 0.6 is 0 Å². The van der Waals surface area contributed by atoms with Crippen LogP contribution < -0.4 is 21.9 Å². The number of hydrogen-bond acceptors (Lipinski definition) is 7. The zero-order valence-electron chi connectivity index (χ0n) is 16.3. The quantitative estimate of drug-likeness (QED) is 0.503. The average molecular weight is 398 g/mol. The van der Waals surface area contributed by atoms with Crippen LogP contribution in [-0.4, -0.2) is 57.6 Å². The van der Waals surface area contributed by atoms with E-state index in [2.05, 4.69) is 15.6 Å². The minimum absolute atomic E-state index is 0.203. The molecule has 0 bridgehead atoms. The number of aliphatic hydroxyl groups excluding tert-OH is 1. The predicted octanol–water partition coefficient (Wildman–Crippen LogP) is -0.866. The molecule has 1 aliphatic heterocycles. The second-order valence-electron chi connectivity index (χ2n) is 7.56. The molecular weight excluding hydrogens is 372 g/mol. The number of carbonyl (C=O) groups excluding carboxylic acids is 2. The van der Waals surface area contributed by atoms with E-state index in [-0.39, 0.29) is 19.6 Å². The van der Waals surface area contributed by atoms with Crippen molar-refractivity contribution in [3.8, 4) is 0 Å². The number of amides is 2. The van der Waals surface area contributed by atoms with Crippen LogP contribution in [0.4, 0.5) is 4.79 Å². The molecule has 28 heavy (non-hydrogen) atoms. The Morgan fingerprint density at radius 3 is 2.68 bits per heavy atom. The van der Waals surface area contributed by atoms with Gasteiger partial charge in [0.2, 0.25) is 5.91 Å². The number of rotatable bonds is 5. The van der Waals surface area contributed by atoms with Crippen molar-refractivity contribution in [3.63, 3.8) is 0 Å². The molecule has 2 amide bonds. The molecule has 1 aromatic heterocycles. The molecular formula is C17H26N4O7. The summed E-state index contributed by atoms with van der Waals surface area (Å²) in [6.45, 7) is 5.97. The number of aryl methyl sites for hydroxylation is 1. The topological polar surface area (TPSA) is 152 Å². The number of H-pyrrole nitrogens is 1. The van der Waals surface area contributed by atoms with Crippen molar-refractivity contribution in [1.82, 2.24) is 20.2 Å². The van der Waals surface area contributed by atoms with Crippen LogP contribution in [0, 0.1) is 6.92 Å². The number of aliphatic hydroxyl groups is 1. The van der Waals surface area contributed by atoms with Gasteiger partial charge in [-0.3, -0.25) is 19.1 Å². The molecule has 0 saturated carbocycles. The summed E-state index contributed by atoms with van der Waals surface area (Å²) in [7, 11) is 0. The van der Waals surface area contributed by atoms with Crippen molar-refractivity contribution in [1.29, 1.82) is 0 Å². The van der Waals surface area contributed by atoms with Gasteiger partial charge in [0.1, 0.15) is 24.5 Å². The fourth-order valence-corrected chi connectivity index (χ4v) is 2.75. The summed E-state index contributed by atoms with van der Waals surface area (Å²) >= 11 is 0. The summed E-state index contributed by atoms with van der Waals surface area (Å²) in [5.74, 6) is -0.497. The third kappa shape index (κ3) is 5.67. The average Bonchev–Trinajstić information content (AvgIpc) is 2.97. The predicted molar refractivity (Wildman–Crippen MR) is 97.8 cm³/mol. The SMILES string of the molecule is Cc1cn([C@H]2C[C@H](NC(=O)CNC(=O)OC(C)(C)C)[C@@H](CO)O2)c(=O)[nH]c1=O. The smallest absolute Gasteiger partial charge is 0.408 e. The van der Waals surface area contributed by atoms with Gasteiger partial charge in [-0.25, -0.2) is 9.59 Å². The van der Waals surface area contributed by atoms with Crippen LogP contribution in [0.3, 0.4) is 0 Å². The Morgan fingerprint density at radius 2 is 2.07 bits per heavy atom. The van der Waals surface area contributed by atoms with Crippen molar-refractivity contribution in [2.45, 2.75) is 58.1 Å². The minimum atomic E-state index is -0.760. The van der Waals surface area contributed by atoms with Gasteiger partial charge in [-0.1, -0.05) is 0 Å². The van der Waals surface area contributed by atoms with Gasteiger partial charge >= 0.3 is 11.8 Å². The molecule has 1 aromatic rings. The highest BCUT2D eigenvalue weighted by Crippen LogP contribution is 2.27. The summed E-state index contributed by atoms with van der Waals surface area (Å²) in [5, 5.41) is 14.5. The maximum Gasteiger partial charge on any atom is 0.408 e. The highest BCUT2D eigenvalue weighted by atomic mass is 16.6. The van der Waals surface area contributed by atoms with Crippen LogP contribution in [-0.2, 0) is 14.3 Å². The molecule has 156 valence electrons. The van der Waals surface area contributed by atoms with Crippen LogP contribution in [0.15, 0.2) is 15.8 Å². The largest absolute Gasteiger partial charge is 0.444 e. The maximum absolute atomic E-state index is 12.1. The zero-order valence-corrected chi connectivity index (χ0v) is 16.3. The lowest BCUT2D eigenvalue weighted by Gasteiger charge is -2.20. The van der Waals surface area contributed by atoms with Crippen molar-refractivity contribution in [3.05, 3.63) is 32.6 Å². The lowest BCUT2D eigenvalue weighted by molar-refractivity contribution is -0.121. The second kappa shape index (κ2) is 8.57. The summed E-state index contributed by atoms with van der Waals surface area (Å²) in [5.41, 5.74) is -1.48.